The lowest BCUT2D eigenvalue weighted by Crippen LogP contribution is -2.40. The van der Waals surface area contributed by atoms with Crippen LogP contribution in [0.15, 0.2) is 53.7 Å². The van der Waals surface area contributed by atoms with Crippen molar-refractivity contribution in [3.05, 3.63) is 64.3 Å². The first-order chi connectivity index (χ1) is 14.0. The van der Waals surface area contributed by atoms with Gasteiger partial charge in [-0.2, -0.15) is 0 Å². The van der Waals surface area contributed by atoms with E-state index in [2.05, 4.69) is 0 Å². The van der Waals surface area contributed by atoms with Gasteiger partial charge in [0.15, 0.2) is 5.78 Å². The minimum Gasteiger partial charge on any atom is -0.497 e. The molecule has 1 atom stereocenters. The first-order valence-electron chi connectivity index (χ1n) is 9.60. The van der Waals surface area contributed by atoms with Gasteiger partial charge in [0.2, 0.25) is 5.91 Å². The molecule has 0 fully saturated rings. The Kier molecular flexibility index (Phi) is 5.33. The maximum absolute atomic E-state index is 13.3. The molecule has 2 aromatic rings. The van der Waals surface area contributed by atoms with Crippen LogP contribution in [-0.4, -0.2) is 25.9 Å². The van der Waals surface area contributed by atoms with Gasteiger partial charge in [0, 0.05) is 41.1 Å². The number of methoxy groups -OCH3 is 2. The molecule has 0 bridgehead atoms. The maximum atomic E-state index is 13.3. The molecule has 0 spiro atoms. The number of allylic oxidation sites excluding steroid dienone is 2. The summed E-state index contributed by atoms with van der Waals surface area (Å²) in [6.07, 6.45) is 2.04. The normalized spacial score (nSPS) is 19.3. The van der Waals surface area contributed by atoms with Crippen LogP contribution in [0.2, 0.25) is 5.02 Å². The van der Waals surface area contributed by atoms with Crippen molar-refractivity contribution in [2.75, 3.05) is 19.1 Å². The van der Waals surface area contributed by atoms with E-state index >= 15 is 0 Å². The van der Waals surface area contributed by atoms with Crippen molar-refractivity contribution in [3.63, 3.8) is 0 Å². The molecule has 5 nitrogen and oxygen atoms in total. The highest BCUT2D eigenvalue weighted by Gasteiger charge is 2.41. The number of hydrogen-bond donors (Lipinski definition) is 0. The Balaban J connectivity index is 1.89. The lowest BCUT2D eigenvalue weighted by Gasteiger charge is -2.39. The maximum Gasteiger partial charge on any atom is 0.232 e. The Morgan fingerprint density at radius 1 is 1.03 bits per heavy atom. The number of nitrogens with zero attached hydrogens (tertiary/aromatic N) is 1. The van der Waals surface area contributed by atoms with E-state index in [-0.39, 0.29) is 24.0 Å². The van der Waals surface area contributed by atoms with Gasteiger partial charge in [-0.3, -0.25) is 14.5 Å². The number of amides is 1. The summed E-state index contributed by atoms with van der Waals surface area (Å²) in [5.74, 6) is 0.851. The smallest absolute Gasteiger partial charge is 0.232 e. The molecule has 2 aliphatic rings. The topological polar surface area (TPSA) is 55.8 Å². The number of benzene rings is 2. The number of carbonyl (C=O) groups excluding carboxylic acids is 2. The first-order valence-corrected chi connectivity index (χ1v) is 9.98. The van der Waals surface area contributed by atoms with Crippen molar-refractivity contribution in [1.29, 1.82) is 0 Å². The molecule has 29 heavy (non-hydrogen) atoms. The van der Waals surface area contributed by atoms with Crippen LogP contribution in [0.3, 0.4) is 0 Å². The molecule has 1 aliphatic carbocycles. The zero-order valence-corrected chi connectivity index (χ0v) is 17.2. The van der Waals surface area contributed by atoms with E-state index in [1.165, 1.54) is 0 Å². The van der Waals surface area contributed by atoms with E-state index < -0.39 is 0 Å². The number of halogens is 1. The van der Waals surface area contributed by atoms with Crippen molar-refractivity contribution in [3.8, 4) is 11.5 Å². The second-order valence-electron chi connectivity index (χ2n) is 7.18. The number of ketones is 1. The number of Topliss-reactive ketones (excluding diaryl/α,β-unsaturated/α-hetero) is 1. The van der Waals surface area contributed by atoms with Crippen LogP contribution in [0.1, 0.15) is 37.2 Å². The fraction of sp³-hybridized carbons (Fsp3) is 0.304. The molecule has 0 saturated heterocycles. The van der Waals surface area contributed by atoms with Gasteiger partial charge in [-0.1, -0.05) is 29.8 Å². The van der Waals surface area contributed by atoms with Crippen molar-refractivity contribution < 1.29 is 19.1 Å². The third-order valence-corrected chi connectivity index (χ3v) is 5.93. The molecule has 0 N–H and O–H groups in total. The lowest BCUT2D eigenvalue weighted by molar-refractivity contribution is -0.119. The van der Waals surface area contributed by atoms with E-state index in [0.717, 1.165) is 17.7 Å². The Bertz CT molecular complexity index is 1010. The zero-order valence-electron chi connectivity index (χ0n) is 16.4. The second-order valence-corrected chi connectivity index (χ2v) is 7.59. The third kappa shape index (κ3) is 3.40. The zero-order chi connectivity index (χ0) is 20.5. The van der Waals surface area contributed by atoms with Gasteiger partial charge in [-0.25, -0.2) is 0 Å². The molecular formula is C23H22ClNO4. The summed E-state index contributed by atoms with van der Waals surface area (Å²) in [5, 5.41) is 0.575. The van der Waals surface area contributed by atoms with Crippen molar-refractivity contribution in [1.82, 2.24) is 0 Å². The van der Waals surface area contributed by atoms with Crippen LogP contribution in [0.4, 0.5) is 5.69 Å². The number of rotatable bonds is 4. The Morgan fingerprint density at radius 2 is 1.83 bits per heavy atom. The molecule has 2 aromatic carbocycles. The summed E-state index contributed by atoms with van der Waals surface area (Å²) in [4.78, 5) is 27.9. The van der Waals surface area contributed by atoms with E-state index in [1.807, 2.05) is 18.2 Å². The minimum absolute atomic E-state index is 0.0770. The highest BCUT2D eigenvalue weighted by atomic mass is 35.5. The summed E-state index contributed by atoms with van der Waals surface area (Å²) in [6, 6.07) is 12.8. The molecule has 4 rings (SSSR count). The molecule has 0 saturated carbocycles. The average Bonchev–Trinajstić information content (AvgIpc) is 2.73. The van der Waals surface area contributed by atoms with Crippen LogP contribution in [-0.2, 0) is 9.59 Å². The monoisotopic (exact) mass is 411 g/mol. The molecule has 6 heteroatoms. The Morgan fingerprint density at radius 3 is 2.55 bits per heavy atom. The van der Waals surface area contributed by atoms with Crippen LogP contribution >= 0.6 is 11.6 Å². The highest BCUT2D eigenvalue weighted by molar-refractivity contribution is 6.31. The number of anilines is 1. The highest BCUT2D eigenvalue weighted by Crippen LogP contribution is 2.46. The van der Waals surface area contributed by atoms with Gasteiger partial charge < -0.3 is 9.47 Å². The molecule has 0 radical (unpaired) electrons. The van der Waals surface area contributed by atoms with Crippen LogP contribution < -0.4 is 14.4 Å². The fourth-order valence-electron chi connectivity index (χ4n) is 4.27. The molecule has 1 amide bonds. The van der Waals surface area contributed by atoms with E-state index in [9.17, 15) is 9.59 Å². The van der Waals surface area contributed by atoms with Gasteiger partial charge in [0.25, 0.3) is 0 Å². The predicted molar refractivity (Wildman–Crippen MR) is 112 cm³/mol. The minimum atomic E-state index is -0.320. The number of ether oxygens (including phenoxy) is 2. The largest absolute Gasteiger partial charge is 0.497 e. The van der Waals surface area contributed by atoms with Gasteiger partial charge >= 0.3 is 0 Å². The Labute approximate surface area is 174 Å². The molecule has 1 heterocycles. The summed E-state index contributed by atoms with van der Waals surface area (Å²) in [6.45, 7) is 0. The summed E-state index contributed by atoms with van der Waals surface area (Å²) in [5.41, 5.74) is 2.90. The summed E-state index contributed by atoms with van der Waals surface area (Å²) < 4.78 is 10.8. The fourth-order valence-corrected chi connectivity index (χ4v) is 4.53. The van der Waals surface area contributed by atoms with E-state index in [0.29, 0.717) is 40.6 Å². The van der Waals surface area contributed by atoms with Crippen LogP contribution in [0.5, 0.6) is 11.5 Å². The van der Waals surface area contributed by atoms with Gasteiger partial charge in [-0.05, 0) is 36.6 Å². The molecular weight excluding hydrogens is 390 g/mol. The van der Waals surface area contributed by atoms with Gasteiger partial charge in [-0.15, -0.1) is 0 Å². The first kappa shape index (κ1) is 19.5. The summed E-state index contributed by atoms with van der Waals surface area (Å²) in [7, 11) is 3.13. The molecule has 0 aromatic heterocycles. The van der Waals surface area contributed by atoms with Gasteiger partial charge in [0.05, 0.1) is 19.9 Å². The Hall–Kier alpha value is -2.79. The van der Waals surface area contributed by atoms with Gasteiger partial charge in [0.1, 0.15) is 11.5 Å². The van der Waals surface area contributed by atoms with Crippen LogP contribution in [0.25, 0.3) is 0 Å². The molecule has 1 aliphatic heterocycles. The van der Waals surface area contributed by atoms with Crippen molar-refractivity contribution >= 4 is 29.0 Å². The molecule has 1 unspecified atom stereocenters. The van der Waals surface area contributed by atoms with Crippen LogP contribution in [0, 0.1) is 0 Å². The lowest BCUT2D eigenvalue weighted by atomic mass is 9.77. The third-order valence-electron chi connectivity index (χ3n) is 5.58. The number of hydrogen-bond acceptors (Lipinski definition) is 4. The second kappa shape index (κ2) is 7.91. The van der Waals surface area contributed by atoms with E-state index in [1.54, 1.807) is 43.4 Å². The quantitative estimate of drug-likeness (QED) is 0.719. The van der Waals surface area contributed by atoms with E-state index in [4.69, 9.17) is 21.1 Å². The average molecular weight is 412 g/mol. The van der Waals surface area contributed by atoms with Crippen molar-refractivity contribution in [2.45, 2.75) is 31.6 Å². The summed E-state index contributed by atoms with van der Waals surface area (Å²) >= 11 is 6.43. The SMILES string of the molecule is COc1ccc(N2C(=O)CC(c3ccccc3Cl)C3=C2CCCC3=O)c(OC)c1. The number of carbonyl (C=O) groups is 2. The van der Waals surface area contributed by atoms with Crippen molar-refractivity contribution in [2.24, 2.45) is 0 Å². The molecule has 150 valence electrons. The standard InChI is InChI=1S/C23H22ClNO4/c1-28-14-10-11-18(21(12-14)29-2)25-19-8-5-9-20(26)23(19)16(13-22(25)27)15-6-3-4-7-17(15)24/h3-4,6-7,10-12,16H,5,8-9,13H2,1-2H3. The predicted octanol–water partition coefficient (Wildman–Crippen LogP) is 4.88.